The van der Waals surface area contributed by atoms with Crippen molar-refractivity contribution in [3.63, 3.8) is 0 Å². The molecular weight excluding hydrogens is 247 g/mol. The third-order valence-corrected chi connectivity index (χ3v) is 3.23. The van der Waals surface area contributed by atoms with Gasteiger partial charge in [0.2, 0.25) is 5.91 Å². The third kappa shape index (κ3) is 3.30. The number of Topliss-reactive ketones (excluding diaryl/α,β-unsaturated/α-hetero) is 1. The highest BCUT2D eigenvalue weighted by Crippen LogP contribution is 2.20. The molecule has 0 aromatic heterocycles. The number of ketones is 1. The Balaban J connectivity index is 1.94. The summed E-state index contributed by atoms with van der Waals surface area (Å²) < 4.78 is 13.6. The van der Waals surface area contributed by atoms with Crippen molar-refractivity contribution >= 4 is 17.4 Å². The van der Waals surface area contributed by atoms with Crippen molar-refractivity contribution in [1.29, 1.82) is 0 Å². The minimum absolute atomic E-state index is 0.0420. The second-order valence-corrected chi connectivity index (χ2v) is 4.70. The summed E-state index contributed by atoms with van der Waals surface area (Å²) in [6.45, 7) is 3.64. The van der Waals surface area contributed by atoms with E-state index in [0.29, 0.717) is 31.9 Å². The first-order valence-electron chi connectivity index (χ1n) is 6.34. The second-order valence-electron chi connectivity index (χ2n) is 4.70. The van der Waals surface area contributed by atoms with E-state index < -0.39 is 0 Å². The van der Waals surface area contributed by atoms with E-state index in [2.05, 4.69) is 0 Å². The van der Waals surface area contributed by atoms with Crippen LogP contribution in [0.4, 0.5) is 10.1 Å². The molecule has 0 radical (unpaired) electrons. The van der Waals surface area contributed by atoms with Crippen LogP contribution in [-0.2, 0) is 9.59 Å². The summed E-state index contributed by atoms with van der Waals surface area (Å²) in [5.41, 5.74) is 0.571. The maximum absolute atomic E-state index is 13.6. The first-order valence-corrected chi connectivity index (χ1v) is 6.34. The number of amides is 1. The smallest absolute Gasteiger partial charge is 0.230 e. The number of para-hydroxylation sites is 1. The van der Waals surface area contributed by atoms with Crippen molar-refractivity contribution in [2.24, 2.45) is 0 Å². The van der Waals surface area contributed by atoms with Gasteiger partial charge in [-0.05, 0) is 19.1 Å². The number of anilines is 1. The monoisotopic (exact) mass is 264 g/mol. The highest BCUT2D eigenvalue weighted by Gasteiger charge is 2.22. The maximum atomic E-state index is 13.6. The number of hydrogen-bond acceptors (Lipinski definition) is 3. The molecule has 0 aliphatic carbocycles. The average molecular weight is 264 g/mol. The van der Waals surface area contributed by atoms with Crippen LogP contribution in [0.15, 0.2) is 24.3 Å². The Hall–Kier alpha value is -1.91. The summed E-state index contributed by atoms with van der Waals surface area (Å²) in [6.07, 6.45) is -0.0420. The fraction of sp³-hybridized carbons (Fsp3) is 0.429. The molecule has 0 saturated carbocycles. The lowest BCUT2D eigenvalue weighted by Gasteiger charge is -2.36. The lowest BCUT2D eigenvalue weighted by atomic mass is 10.2. The molecule has 0 bridgehead atoms. The predicted octanol–water partition coefficient (Wildman–Crippen LogP) is 1.45. The van der Waals surface area contributed by atoms with Gasteiger partial charge >= 0.3 is 0 Å². The van der Waals surface area contributed by atoms with Gasteiger partial charge in [0.15, 0.2) is 0 Å². The van der Waals surface area contributed by atoms with E-state index in [9.17, 15) is 14.0 Å². The minimum atomic E-state index is -0.244. The third-order valence-electron chi connectivity index (χ3n) is 3.23. The van der Waals surface area contributed by atoms with Crippen LogP contribution in [0.3, 0.4) is 0 Å². The van der Waals surface area contributed by atoms with Crippen molar-refractivity contribution in [3.05, 3.63) is 30.1 Å². The van der Waals surface area contributed by atoms with E-state index in [1.54, 1.807) is 23.1 Å². The van der Waals surface area contributed by atoms with Crippen molar-refractivity contribution in [2.45, 2.75) is 13.3 Å². The molecule has 1 saturated heterocycles. The molecule has 19 heavy (non-hydrogen) atoms. The number of benzene rings is 1. The van der Waals surface area contributed by atoms with Crippen molar-refractivity contribution in [3.8, 4) is 0 Å². The molecule has 0 N–H and O–H groups in total. The van der Waals surface area contributed by atoms with E-state index in [4.69, 9.17) is 0 Å². The lowest BCUT2D eigenvalue weighted by Crippen LogP contribution is -2.49. The van der Waals surface area contributed by atoms with Crippen LogP contribution in [0, 0.1) is 5.82 Å². The number of carbonyl (C=O) groups is 2. The van der Waals surface area contributed by atoms with Gasteiger partial charge in [-0.15, -0.1) is 0 Å². The van der Waals surface area contributed by atoms with Crippen LogP contribution in [0.5, 0.6) is 0 Å². The zero-order valence-electron chi connectivity index (χ0n) is 10.9. The number of halogens is 1. The van der Waals surface area contributed by atoms with Crippen LogP contribution >= 0.6 is 0 Å². The number of piperazine rings is 1. The number of hydrogen-bond donors (Lipinski definition) is 0. The Morgan fingerprint density at radius 1 is 1.16 bits per heavy atom. The first kappa shape index (κ1) is 13.5. The van der Waals surface area contributed by atoms with E-state index in [1.165, 1.54) is 13.0 Å². The quantitative estimate of drug-likeness (QED) is 0.776. The zero-order valence-corrected chi connectivity index (χ0v) is 10.9. The molecule has 102 valence electrons. The average Bonchev–Trinajstić information content (AvgIpc) is 2.39. The Bertz CT molecular complexity index is 482. The van der Waals surface area contributed by atoms with E-state index in [-0.39, 0.29) is 23.9 Å². The molecular formula is C14H17FN2O2. The van der Waals surface area contributed by atoms with Gasteiger partial charge < -0.3 is 9.80 Å². The number of nitrogens with zero attached hydrogens (tertiary/aromatic N) is 2. The van der Waals surface area contributed by atoms with E-state index in [0.717, 1.165) is 0 Å². The van der Waals surface area contributed by atoms with E-state index in [1.807, 2.05) is 4.90 Å². The van der Waals surface area contributed by atoms with Gasteiger partial charge in [-0.2, -0.15) is 0 Å². The standard InChI is InChI=1S/C14H17FN2O2/c1-11(18)10-14(19)17-8-6-16(7-9-17)13-5-3-2-4-12(13)15/h2-5H,6-10H2,1H3. The predicted molar refractivity (Wildman–Crippen MR) is 70.5 cm³/mol. The summed E-state index contributed by atoms with van der Waals surface area (Å²) in [6, 6.07) is 6.63. The second kappa shape index (κ2) is 5.82. The lowest BCUT2D eigenvalue weighted by molar-refractivity contribution is -0.135. The van der Waals surface area contributed by atoms with Crippen molar-refractivity contribution < 1.29 is 14.0 Å². The Kier molecular flexibility index (Phi) is 4.14. The van der Waals surface area contributed by atoms with Crippen LogP contribution in [0.2, 0.25) is 0 Å². The molecule has 1 heterocycles. The fourth-order valence-corrected chi connectivity index (χ4v) is 2.23. The molecule has 2 rings (SSSR count). The molecule has 4 nitrogen and oxygen atoms in total. The molecule has 1 amide bonds. The molecule has 1 aliphatic heterocycles. The van der Waals surface area contributed by atoms with Crippen LogP contribution < -0.4 is 4.90 Å². The van der Waals surface area contributed by atoms with Crippen LogP contribution in [0.1, 0.15) is 13.3 Å². The van der Waals surface area contributed by atoms with Gasteiger partial charge in [0, 0.05) is 26.2 Å². The van der Waals surface area contributed by atoms with Gasteiger partial charge in [0.05, 0.1) is 12.1 Å². The summed E-state index contributed by atoms with van der Waals surface area (Å²) in [5, 5.41) is 0. The molecule has 1 aliphatic rings. The molecule has 0 atom stereocenters. The largest absolute Gasteiger partial charge is 0.366 e. The number of rotatable bonds is 3. The highest BCUT2D eigenvalue weighted by atomic mass is 19.1. The molecule has 1 aromatic rings. The first-order chi connectivity index (χ1) is 9.08. The van der Waals surface area contributed by atoms with E-state index >= 15 is 0 Å². The minimum Gasteiger partial charge on any atom is -0.366 e. The highest BCUT2D eigenvalue weighted by molar-refractivity contribution is 5.96. The Morgan fingerprint density at radius 3 is 2.37 bits per heavy atom. The van der Waals surface area contributed by atoms with Gasteiger partial charge in [0.1, 0.15) is 11.6 Å². The Labute approximate surface area is 111 Å². The molecule has 0 spiro atoms. The Morgan fingerprint density at radius 2 is 1.79 bits per heavy atom. The van der Waals surface area contributed by atoms with Gasteiger partial charge in [-0.25, -0.2) is 4.39 Å². The summed E-state index contributed by atoms with van der Waals surface area (Å²) in [5.74, 6) is -0.506. The van der Waals surface area contributed by atoms with Gasteiger partial charge in [-0.3, -0.25) is 9.59 Å². The summed E-state index contributed by atoms with van der Waals surface area (Å²) in [7, 11) is 0. The topological polar surface area (TPSA) is 40.6 Å². The van der Waals surface area contributed by atoms with Crippen LogP contribution in [0.25, 0.3) is 0 Å². The normalized spacial score (nSPS) is 15.5. The molecule has 1 aromatic carbocycles. The number of carbonyl (C=O) groups excluding carboxylic acids is 2. The van der Waals surface area contributed by atoms with Crippen molar-refractivity contribution in [1.82, 2.24) is 4.90 Å². The maximum Gasteiger partial charge on any atom is 0.230 e. The molecule has 1 fully saturated rings. The van der Waals surface area contributed by atoms with Gasteiger partial charge in [0.25, 0.3) is 0 Å². The van der Waals surface area contributed by atoms with Gasteiger partial charge in [-0.1, -0.05) is 12.1 Å². The zero-order chi connectivity index (χ0) is 13.8. The SMILES string of the molecule is CC(=O)CC(=O)N1CCN(c2ccccc2F)CC1. The molecule has 5 heteroatoms. The summed E-state index contributed by atoms with van der Waals surface area (Å²) in [4.78, 5) is 26.2. The summed E-state index contributed by atoms with van der Waals surface area (Å²) >= 11 is 0. The fourth-order valence-electron chi connectivity index (χ4n) is 2.23. The van der Waals surface area contributed by atoms with Crippen molar-refractivity contribution in [2.75, 3.05) is 31.1 Å². The molecule has 0 unspecified atom stereocenters. The van der Waals surface area contributed by atoms with Crippen LogP contribution in [-0.4, -0.2) is 42.8 Å².